The number of rotatable bonds is 4. The van der Waals surface area contributed by atoms with E-state index < -0.39 is 26.5 Å². The topological polar surface area (TPSA) is 77.9 Å². The van der Waals surface area contributed by atoms with Crippen molar-refractivity contribution in [3.05, 3.63) is 0 Å². The molecule has 6 nitrogen and oxygen atoms in total. The molecule has 0 aromatic heterocycles. The van der Waals surface area contributed by atoms with Crippen molar-refractivity contribution in [2.24, 2.45) is 16.7 Å². The lowest BCUT2D eigenvalue weighted by molar-refractivity contribution is -0.249. The second-order valence-corrected chi connectivity index (χ2v) is 13.0. The predicted octanol–water partition coefficient (Wildman–Crippen LogP) is 3.05. The Labute approximate surface area is 164 Å². The van der Waals surface area contributed by atoms with E-state index in [-0.39, 0.29) is 23.0 Å². The number of nitrogens with zero attached hydrogens (tertiary/aromatic N) is 2. The number of Topliss-reactive ketones (excluding diaryl/α,β-unsaturated/α-hetero) is 1. The molecule has 1 N–H and O–H groups in total. The fourth-order valence-electron chi connectivity index (χ4n) is 6.22. The van der Waals surface area contributed by atoms with E-state index in [2.05, 4.69) is 13.8 Å². The third-order valence-corrected chi connectivity index (χ3v) is 10.2. The number of piperidine rings is 1. The highest BCUT2D eigenvalue weighted by Crippen LogP contribution is 2.64. The highest BCUT2D eigenvalue weighted by atomic mass is 32.2. The van der Waals surface area contributed by atoms with Crippen LogP contribution in [0.4, 0.5) is 0 Å². The van der Waals surface area contributed by atoms with Gasteiger partial charge in [0.1, 0.15) is 5.78 Å². The quantitative estimate of drug-likeness (QED) is 0.785. The normalized spacial score (nSPS) is 35.9. The molecule has 0 aromatic rings. The summed E-state index contributed by atoms with van der Waals surface area (Å²) in [5, 5.41) is 11.9. The number of fused-ring (bicyclic) bond motifs is 2. The van der Waals surface area contributed by atoms with E-state index in [9.17, 15) is 18.4 Å². The SMILES string of the molecule is CN(C1CC(C)(C)N(O)C(C)(C)C1)S(=O)(=O)C[C@@]12CC[C@H](CC1=O)C2(C)C. The Morgan fingerprint density at radius 1 is 1.11 bits per heavy atom. The molecular formula is C20H36N2O4S. The van der Waals surface area contributed by atoms with E-state index in [0.717, 1.165) is 6.42 Å². The fraction of sp³-hybridized carbons (Fsp3) is 0.950. The molecule has 0 radical (unpaired) electrons. The fourth-order valence-corrected chi connectivity index (χ4v) is 8.33. The lowest BCUT2D eigenvalue weighted by atomic mass is 9.70. The first-order valence-electron chi connectivity index (χ1n) is 10.1. The van der Waals surface area contributed by atoms with Gasteiger partial charge in [0.05, 0.1) is 5.75 Å². The average Bonchev–Trinajstić information content (AvgIpc) is 2.85. The van der Waals surface area contributed by atoms with Crippen molar-refractivity contribution in [3.8, 4) is 0 Å². The third-order valence-electron chi connectivity index (χ3n) is 8.14. The van der Waals surface area contributed by atoms with Crippen LogP contribution in [0.1, 0.15) is 73.6 Å². The zero-order chi connectivity index (χ0) is 20.6. The van der Waals surface area contributed by atoms with Gasteiger partial charge in [0.25, 0.3) is 0 Å². The number of hydrogen-bond donors (Lipinski definition) is 1. The second-order valence-electron chi connectivity index (χ2n) is 10.9. The van der Waals surface area contributed by atoms with Crippen LogP contribution in [0.15, 0.2) is 0 Å². The van der Waals surface area contributed by atoms with Crippen LogP contribution in [-0.4, -0.2) is 58.7 Å². The average molecular weight is 401 g/mol. The molecule has 156 valence electrons. The van der Waals surface area contributed by atoms with Crippen molar-refractivity contribution in [1.29, 1.82) is 0 Å². The number of sulfonamides is 1. The molecule has 0 aromatic carbocycles. The van der Waals surface area contributed by atoms with Crippen molar-refractivity contribution in [1.82, 2.24) is 9.37 Å². The van der Waals surface area contributed by atoms with E-state index in [0.29, 0.717) is 31.6 Å². The molecule has 3 fully saturated rings. The molecule has 0 unspecified atom stereocenters. The van der Waals surface area contributed by atoms with Crippen molar-refractivity contribution < 1.29 is 18.4 Å². The maximum Gasteiger partial charge on any atom is 0.215 e. The molecule has 3 rings (SSSR count). The van der Waals surface area contributed by atoms with Gasteiger partial charge in [0, 0.05) is 36.0 Å². The lowest BCUT2D eigenvalue weighted by Gasteiger charge is -2.53. The summed E-state index contributed by atoms with van der Waals surface area (Å²) in [6.07, 6.45) is 3.25. The van der Waals surface area contributed by atoms with Gasteiger partial charge in [-0.1, -0.05) is 13.8 Å². The molecule has 27 heavy (non-hydrogen) atoms. The number of hydrogen-bond acceptors (Lipinski definition) is 5. The summed E-state index contributed by atoms with van der Waals surface area (Å²) in [5.74, 6) is 0.353. The van der Waals surface area contributed by atoms with Crippen molar-refractivity contribution >= 4 is 15.8 Å². The maximum absolute atomic E-state index is 13.4. The highest BCUT2D eigenvalue weighted by Gasteiger charge is 2.65. The first kappa shape index (κ1) is 21.2. The first-order chi connectivity index (χ1) is 12.1. The molecule has 2 bridgehead atoms. The van der Waals surface area contributed by atoms with Crippen LogP contribution in [-0.2, 0) is 14.8 Å². The Morgan fingerprint density at radius 3 is 2.04 bits per heavy atom. The predicted molar refractivity (Wildman–Crippen MR) is 105 cm³/mol. The lowest BCUT2D eigenvalue weighted by Crippen LogP contribution is -2.63. The van der Waals surface area contributed by atoms with Gasteiger partial charge in [-0.05, 0) is 64.7 Å². The van der Waals surface area contributed by atoms with Crippen LogP contribution in [0, 0.1) is 16.7 Å². The van der Waals surface area contributed by atoms with Crippen LogP contribution in [0.3, 0.4) is 0 Å². The summed E-state index contributed by atoms with van der Waals surface area (Å²) in [6.45, 7) is 11.9. The van der Waals surface area contributed by atoms with Crippen molar-refractivity contribution in [3.63, 3.8) is 0 Å². The molecule has 0 spiro atoms. The van der Waals surface area contributed by atoms with Crippen molar-refractivity contribution in [2.45, 2.75) is 90.8 Å². The van der Waals surface area contributed by atoms with Crippen LogP contribution in [0.25, 0.3) is 0 Å². The highest BCUT2D eigenvalue weighted by molar-refractivity contribution is 7.89. The Morgan fingerprint density at radius 2 is 1.63 bits per heavy atom. The molecule has 1 heterocycles. The minimum absolute atomic E-state index is 0.0843. The van der Waals surface area contributed by atoms with Crippen LogP contribution >= 0.6 is 0 Å². The standard InChI is InChI=1S/C20H36N2O4S/c1-17(2)11-15(12-18(3,4)22(17)24)21(7)27(25,26)13-20-9-8-14(10-16(20)23)19(20,5)6/h14-15,24H,8-13H2,1-7H3/t14-,20+/m1/s1. The molecule has 7 heteroatoms. The van der Waals surface area contributed by atoms with Gasteiger partial charge in [-0.3, -0.25) is 4.79 Å². The van der Waals surface area contributed by atoms with E-state index in [1.165, 1.54) is 9.37 Å². The molecule has 1 aliphatic heterocycles. The monoisotopic (exact) mass is 400 g/mol. The zero-order valence-corrected chi connectivity index (χ0v) is 18.7. The van der Waals surface area contributed by atoms with Gasteiger partial charge >= 0.3 is 0 Å². The van der Waals surface area contributed by atoms with E-state index >= 15 is 0 Å². The minimum Gasteiger partial charge on any atom is -0.313 e. The minimum atomic E-state index is -3.60. The molecule has 1 saturated heterocycles. The van der Waals surface area contributed by atoms with E-state index in [4.69, 9.17) is 0 Å². The van der Waals surface area contributed by atoms with Gasteiger partial charge in [0.2, 0.25) is 10.0 Å². The summed E-state index contributed by atoms with van der Waals surface area (Å²) in [4.78, 5) is 12.8. The number of carbonyl (C=O) groups excluding carboxylic acids is 1. The smallest absolute Gasteiger partial charge is 0.215 e. The van der Waals surface area contributed by atoms with Crippen LogP contribution in [0.5, 0.6) is 0 Å². The summed E-state index contributed by atoms with van der Waals surface area (Å²) < 4.78 is 28.3. The molecule has 2 aliphatic carbocycles. The zero-order valence-electron chi connectivity index (χ0n) is 17.9. The Kier molecular flexibility index (Phi) is 4.72. The second kappa shape index (κ2) is 6.00. The van der Waals surface area contributed by atoms with Gasteiger partial charge in [-0.2, -0.15) is 5.06 Å². The first-order valence-corrected chi connectivity index (χ1v) is 11.7. The number of ketones is 1. The molecule has 2 saturated carbocycles. The van der Waals surface area contributed by atoms with Gasteiger partial charge in [0.15, 0.2) is 0 Å². The van der Waals surface area contributed by atoms with Gasteiger partial charge < -0.3 is 5.21 Å². The van der Waals surface area contributed by atoms with Gasteiger partial charge in [-0.15, -0.1) is 0 Å². The number of hydroxylamine groups is 2. The maximum atomic E-state index is 13.4. The van der Waals surface area contributed by atoms with E-state index in [1.54, 1.807) is 7.05 Å². The summed E-state index contributed by atoms with van der Waals surface area (Å²) in [6, 6.07) is -0.198. The van der Waals surface area contributed by atoms with Gasteiger partial charge in [-0.25, -0.2) is 12.7 Å². The Hall–Kier alpha value is -0.500. The molecule has 3 aliphatic rings. The van der Waals surface area contributed by atoms with Crippen LogP contribution in [0.2, 0.25) is 0 Å². The third kappa shape index (κ3) is 3.00. The largest absolute Gasteiger partial charge is 0.313 e. The Bertz CT molecular complexity index is 725. The molecular weight excluding hydrogens is 364 g/mol. The number of carbonyl (C=O) groups is 1. The molecule has 2 atom stereocenters. The molecule has 0 amide bonds. The van der Waals surface area contributed by atoms with E-state index in [1.807, 2.05) is 27.7 Å². The van der Waals surface area contributed by atoms with Crippen LogP contribution < -0.4 is 0 Å². The summed E-state index contributed by atoms with van der Waals surface area (Å²) >= 11 is 0. The Balaban J connectivity index is 1.87. The van der Waals surface area contributed by atoms with Crippen molar-refractivity contribution in [2.75, 3.05) is 12.8 Å². The summed E-state index contributed by atoms with van der Waals surface area (Å²) in [5.41, 5.74) is -2.04. The summed E-state index contributed by atoms with van der Waals surface area (Å²) in [7, 11) is -1.95.